The maximum Gasteiger partial charge on any atom is 0.191 e. The van der Waals surface area contributed by atoms with Gasteiger partial charge >= 0.3 is 0 Å². The summed E-state index contributed by atoms with van der Waals surface area (Å²) in [6.07, 6.45) is 8.56. The minimum atomic E-state index is 0.546. The van der Waals surface area contributed by atoms with Crippen LogP contribution in [0.1, 0.15) is 43.2 Å². The molecule has 0 bridgehead atoms. The molecule has 0 fully saturated rings. The predicted octanol–water partition coefficient (Wildman–Crippen LogP) is 2.95. The molecule has 0 radical (unpaired) electrons. The molecule has 3 rings (SSSR count). The minimum Gasteiger partial charge on any atom is -0.357 e. The highest BCUT2D eigenvalue weighted by molar-refractivity contribution is 5.79. The molecule has 1 aliphatic carbocycles. The maximum atomic E-state index is 4.84. The molecule has 1 heterocycles. The monoisotopic (exact) mass is 339 g/mol. The first-order valence-corrected chi connectivity index (χ1v) is 9.44. The fraction of sp³-hybridized carbons (Fsp3) is 0.500. The molecule has 2 N–H and O–H groups in total. The molecule has 0 saturated carbocycles. The van der Waals surface area contributed by atoms with Crippen LogP contribution in [0.25, 0.3) is 0 Å². The fourth-order valence-corrected chi connectivity index (χ4v) is 3.47. The summed E-state index contributed by atoms with van der Waals surface area (Å²) in [6, 6.07) is 10.8. The molecular weight excluding hydrogens is 310 g/mol. The van der Waals surface area contributed by atoms with Crippen LogP contribution in [0.5, 0.6) is 0 Å². The van der Waals surface area contributed by atoms with E-state index in [9.17, 15) is 0 Å². The maximum absolute atomic E-state index is 4.84. The van der Waals surface area contributed by atoms with Crippen molar-refractivity contribution >= 4 is 5.96 Å². The minimum absolute atomic E-state index is 0.546. The van der Waals surface area contributed by atoms with Crippen LogP contribution < -0.4 is 10.6 Å². The number of hydrogen-bond acceptors (Lipinski definition) is 2. The lowest BCUT2D eigenvalue weighted by molar-refractivity contribution is 0.555. The number of aliphatic imine (C=N–C) groups is 1. The van der Waals surface area contributed by atoms with Crippen LogP contribution in [-0.2, 0) is 13.0 Å². The summed E-state index contributed by atoms with van der Waals surface area (Å²) < 4.78 is 1.96. The summed E-state index contributed by atoms with van der Waals surface area (Å²) in [5.41, 5.74) is 3.00. The Morgan fingerprint density at radius 1 is 1.28 bits per heavy atom. The number of guanidine groups is 1. The van der Waals surface area contributed by atoms with E-state index in [0.717, 1.165) is 38.6 Å². The second-order valence-corrected chi connectivity index (χ2v) is 6.56. The lowest BCUT2D eigenvalue weighted by Gasteiger charge is -2.24. The number of aryl methyl sites for hydroxylation is 2. The number of benzene rings is 1. The Morgan fingerprint density at radius 3 is 3.04 bits per heavy atom. The molecule has 0 spiro atoms. The molecule has 1 aromatic carbocycles. The first-order chi connectivity index (χ1) is 12.4. The van der Waals surface area contributed by atoms with E-state index < -0.39 is 0 Å². The molecule has 134 valence electrons. The Bertz CT molecular complexity index is 662. The van der Waals surface area contributed by atoms with Gasteiger partial charge in [-0.1, -0.05) is 24.3 Å². The lowest BCUT2D eigenvalue weighted by atomic mass is 9.83. The van der Waals surface area contributed by atoms with Crippen molar-refractivity contribution in [1.29, 1.82) is 0 Å². The van der Waals surface area contributed by atoms with Crippen molar-refractivity contribution in [2.75, 3.05) is 19.6 Å². The number of fused-ring (bicyclic) bond motifs is 1. The Morgan fingerprint density at radius 2 is 2.20 bits per heavy atom. The largest absolute Gasteiger partial charge is 0.357 e. The molecule has 5 heteroatoms. The molecule has 1 atom stereocenters. The van der Waals surface area contributed by atoms with Crippen LogP contribution >= 0.6 is 0 Å². The van der Waals surface area contributed by atoms with Crippen LogP contribution in [0.2, 0.25) is 0 Å². The van der Waals surface area contributed by atoms with Crippen molar-refractivity contribution < 1.29 is 0 Å². The van der Waals surface area contributed by atoms with Gasteiger partial charge in [-0.25, -0.2) is 0 Å². The molecule has 0 saturated heterocycles. The third-order valence-electron chi connectivity index (χ3n) is 4.72. The van der Waals surface area contributed by atoms with Crippen LogP contribution in [0.15, 0.2) is 47.7 Å². The average Bonchev–Trinajstić information content (AvgIpc) is 3.16. The number of rotatable bonds is 7. The predicted molar refractivity (Wildman–Crippen MR) is 103 cm³/mol. The van der Waals surface area contributed by atoms with Gasteiger partial charge in [-0.2, -0.15) is 5.10 Å². The van der Waals surface area contributed by atoms with Gasteiger partial charge in [-0.15, -0.1) is 0 Å². The molecule has 2 aromatic rings. The summed E-state index contributed by atoms with van der Waals surface area (Å²) in [7, 11) is 0. The smallest absolute Gasteiger partial charge is 0.191 e. The van der Waals surface area contributed by atoms with Crippen LogP contribution in [0.4, 0.5) is 0 Å². The van der Waals surface area contributed by atoms with Gasteiger partial charge in [0.05, 0.1) is 0 Å². The van der Waals surface area contributed by atoms with Crippen molar-refractivity contribution in [3.63, 3.8) is 0 Å². The van der Waals surface area contributed by atoms with E-state index in [1.807, 2.05) is 23.1 Å². The SMILES string of the molecule is CCNC(=NCC1CCCc2ccccc21)NCCCn1cccn1. The highest BCUT2D eigenvalue weighted by Crippen LogP contribution is 2.31. The van der Waals surface area contributed by atoms with Gasteiger partial charge < -0.3 is 10.6 Å². The first kappa shape index (κ1) is 17.5. The standard InChI is InChI=1S/C20H29N5/c1-2-21-20(22-12-6-14-25-15-7-13-24-25)23-16-18-10-5-9-17-8-3-4-11-19(17)18/h3-4,7-8,11,13,15,18H,2,5-6,9-10,12,14,16H2,1H3,(H2,21,22,23). The van der Waals surface area contributed by atoms with Gasteiger partial charge in [-0.3, -0.25) is 9.67 Å². The van der Waals surface area contributed by atoms with E-state index in [2.05, 4.69) is 46.9 Å². The topological polar surface area (TPSA) is 54.2 Å². The Hall–Kier alpha value is -2.30. The number of nitrogens with one attached hydrogen (secondary N) is 2. The normalized spacial score (nSPS) is 17.2. The Kier molecular flexibility index (Phi) is 6.48. The third-order valence-corrected chi connectivity index (χ3v) is 4.72. The summed E-state index contributed by atoms with van der Waals surface area (Å²) in [6.45, 7) is 5.66. The first-order valence-electron chi connectivity index (χ1n) is 9.44. The summed E-state index contributed by atoms with van der Waals surface area (Å²) in [5.74, 6) is 1.47. The average molecular weight is 339 g/mol. The zero-order chi connectivity index (χ0) is 17.3. The van der Waals surface area contributed by atoms with Crippen molar-refractivity contribution in [1.82, 2.24) is 20.4 Å². The van der Waals surface area contributed by atoms with Crippen LogP contribution in [-0.4, -0.2) is 35.4 Å². The van der Waals surface area contributed by atoms with Crippen molar-refractivity contribution in [3.8, 4) is 0 Å². The Balaban J connectivity index is 1.51. The van der Waals surface area contributed by atoms with Gasteiger partial charge in [0.2, 0.25) is 0 Å². The molecule has 1 aliphatic rings. The lowest BCUT2D eigenvalue weighted by Crippen LogP contribution is -2.38. The van der Waals surface area contributed by atoms with Gasteiger partial charge in [0.15, 0.2) is 5.96 Å². The van der Waals surface area contributed by atoms with Gasteiger partial charge in [0.25, 0.3) is 0 Å². The summed E-state index contributed by atoms with van der Waals surface area (Å²) >= 11 is 0. The molecule has 25 heavy (non-hydrogen) atoms. The van der Waals surface area contributed by atoms with E-state index in [1.165, 1.54) is 30.4 Å². The zero-order valence-electron chi connectivity index (χ0n) is 15.1. The molecule has 1 aromatic heterocycles. The van der Waals surface area contributed by atoms with Gasteiger partial charge in [-0.05, 0) is 49.8 Å². The summed E-state index contributed by atoms with van der Waals surface area (Å²) in [4.78, 5) is 4.84. The molecule has 0 aliphatic heterocycles. The van der Waals surface area contributed by atoms with E-state index in [4.69, 9.17) is 4.99 Å². The summed E-state index contributed by atoms with van der Waals surface area (Å²) in [5, 5.41) is 11.0. The highest BCUT2D eigenvalue weighted by Gasteiger charge is 2.19. The zero-order valence-corrected chi connectivity index (χ0v) is 15.1. The third kappa shape index (κ3) is 5.08. The van der Waals surface area contributed by atoms with Gasteiger partial charge in [0, 0.05) is 44.5 Å². The fourth-order valence-electron chi connectivity index (χ4n) is 3.47. The quantitative estimate of drug-likeness (QED) is 0.463. The molecule has 0 amide bonds. The number of nitrogens with zero attached hydrogens (tertiary/aromatic N) is 3. The number of aromatic nitrogens is 2. The van der Waals surface area contributed by atoms with Gasteiger partial charge in [0.1, 0.15) is 0 Å². The van der Waals surface area contributed by atoms with Crippen molar-refractivity contribution in [2.45, 2.75) is 45.1 Å². The Labute approximate surface area is 150 Å². The van der Waals surface area contributed by atoms with E-state index in [0.29, 0.717) is 5.92 Å². The van der Waals surface area contributed by atoms with E-state index in [1.54, 1.807) is 0 Å². The molecule has 1 unspecified atom stereocenters. The molecule has 5 nitrogen and oxygen atoms in total. The van der Waals surface area contributed by atoms with E-state index >= 15 is 0 Å². The van der Waals surface area contributed by atoms with Crippen LogP contribution in [0.3, 0.4) is 0 Å². The molecular formula is C20H29N5. The second-order valence-electron chi connectivity index (χ2n) is 6.56. The highest BCUT2D eigenvalue weighted by atomic mass is 15.3. The second kappa shape index (κ2) is 9.25. The van der Waals surface area contributed by atoms with Crippen molar-refractivity contribution in [2.24, 2.45) is 4.99 Å². The van der Waals surface area contributed by atoms with Crippen LogP contribution in [0, 0.1) is 0 Å². The van der Waals surface area contributed by atoms with Crippen molar-refractivity contribution in [3.05, 3.63) is 53.9 Å². The number of hydrogen-bond donors (Lipinski definition) is 2. The van der Waals surface area contributed by atoms with E-state index in [-0.39, 0.29) is 0 Å².